The van der Waals surface area contributed by atoms with E-state index in [4.69, 9.17) is 47.0 Å². The third-order valence-corrected chi connectivity index (χ3v) is 3.95. The van der Waals surface area contributed by atoms with Crippen molar-refractivity contribution < 1.29 is 0 Å². The molecule has 0 unspecified atom stereocenters. The SMILES string of the molecule is C=CCNC(=S)Nc1nn(Cc2ccc(Cl)c(Cl)c2)cc1Cl. The molecule has 1 aromatic heterocycles. The van der Waals surface area contributed by atoms with E-state index in [0.29, 0.717) is 39.1 Å². The molecule has 0 radical (unpaired) electrons. The van der Waals surface area contributed by atoms with Crippen molar-refractivity contribution in [2.75, 3.05) is 11.9 Å². The van der Waals surface area contributed by atoms with Gasteiger partial charge in [0.05, 0.1) is 16.6 Å². The van der Waals surface area contributed by atoms with E-state index in [-0.39, 0.29) is 0 Å². The number of hydrogen-bond acceptors (Lipinski definition) is 2. The number of hydrogen-bond donors (Lipinski definition) is 2. The first-order valence-corrected chi connectivity index (χ1v) is 7.86. The molecule has 2 N–H and O–H groups in total. The maximum atomic E-state index is 6.15. The first-order valence-electron chi connectivity index (χ1n) is 6.32. The Hall–Kier alpha value is -1.27. The number of benzene rings is 1. The molecule has 2 rings (SSSR count). The highest BCUT2D eigenvalue weighted by atomic mass is 35.5. The van der Waals surface area contributed by atoms with E-state index in [1.54, 1.807) is 29.1 Å². The number of anilines is 1. The summed E-state index contributed by atoms with van der Waals surface area (Å²) in [6.07, 6.45) is 3.42. The van der Waals surface area contributed by atoms with Gasteiger partial charge in [-0.05, 0) is 29.9 Å². The Morgan fingerprint density at radius 2 is 2.05 bits per heavy atom. The van der Waals surface area contributed by atoms with Gasteiger partial charge in [0, 0.05) is 12.7 Å². The highest BCUT2D eigenvalue weighted by Crippen LogP contribution is 2.24. The van der Waals surface area contributed by atoms with Gasteiger partial charge >= 0.3 is 0 Å². The predicted molar refractivity (Wildman–Crippen MR) is 97.2 cm³/mol. The van der Waals surface area contributed by atoms with Crippen LogP contribution in [0.4, 0.5) is 5.82 Å². The van der Waals surface area contributed by atoms with E-state index in [0.717, 1.165) is 5.56 Å². The van der Waals surface area contributed by atoms with Crippen molar-refractivity contribution in [3.63, 3.8) is 0 Å². The topological polar surface area (TPSA) is 41.9 Å². The summed E-state index contributed by atoms with van der Waals surface area (Å²) < 4.78 is 1.69. The minimum absolute atomic E-state index is 0.432. The zero-order chi connectivity index (χ0) is 16.1. The summed E-state index contributed by atoms with van der Waals surface area (Å²) >= 11 is 23.2. The van der Waals surface area contributed by atoms with Crippen LogP contribution in [-0.2, 0) is 6.54 Å². The van der Waals surface area contributed by atoms with Crippen molar-refractivity contribution in [2.24, 2.45) is 0 Å². The van der Waals surface area contributed by atoms with Crippen LogP contribution in [0.2, 0.25) is 15.1 Å². The smallest absolute Gasteiger partial charge is 0.173 e. The number of nitrogens with one attached hydrogen (secondary N) is 2. The van der Waals surface area contributed by atoms with E-state index in [1.807, 2.05) is 6.07 Å². The average molecular weight is 376 g/mol. The maximum Gasteiger partial charge on any atom is 0.173 e. The van der Waals surface area contributed by atoms with E-state index in [9.17, 15) is 0 Å². The number of aromatic nitrogens is 2. The van der Waals surface area contributed by atoms with Crippen LogP contribution in [0.1, 0.15) is 5.56 Å². The van der Waals surface area contributed by atoms with Crippen molar-refractivity contribution in [3.8, 4) is 0 Å². The Labute approximate surface area is 149 Å². The molecule has 1 aromatic carbocycles. The molecule has 1 heterocycles. The van der Waals surface area contributed by atoms with Crippen LogP contribution in [0.5, 0.6) is 0 Å². The average Bonchev–Trinajstić information content (AvgIpc) is 2.80. The first kappa shape index (κ1) is 17.1. The Kier molecular flexibility index (Phi) is 6.08. The molecule has 0 amide bonds. The third-order valence-electron chi connectivity index (χ3n) is 2.68. The Bertz CT molecular complexity index is 699. The lowest BCUT2D eigenvalue weighted by atomic mass is 10.2. The highest BCUT2D eigenvalue weighted by molar-refractivity contribution is 7.80. The van der Waals surface area contributed by atoms with Gasteiger partial charge in [0.15, 0.2) is 10.9 Å². The molecule has 0 saturated carbocycles. The van der Waals surface area contributed by atoms with Crippen LogP contribution in [0.25, 0.3) is 0 Å². The summed E-state index contributed by atoms with van der Waals surface area (Å²) in [5.74, 6) is 0.489. The summed E-state index contributed by atoms with van der Waals surface area (Å²) in [4.78, 5) is 0. The molecule has 4 nitrogen and oxygen atoms in total. The molecule has 22 heavy (non-hydrogen) atoms. The van der Waals surface area contributed by atoms with Gasteiger partial charge in [-0.3, -0.25) is 4.68 Å². The molecule has 0 saturated heterocycles. The lowest BCUT2D eigenvalue weighted by Gasteiger charge is -2.06. The molecule has 0 fully saturated rings. The maximum absolute atomic E-state index is 6.15. The van der Waals surface area contributed by atoms with Crippen molar-refractivity contribution in [1.82, 2.24) is 15.1 Å². The third kappa shape index (κ3) is 4.61. The quantitative estimate of drug-likeness (QED) is 0.602. The Morgan fingerprint density at radius 3 is 2.73 bits per heavy atom. The number of nitrogens with zero attached hydrogens (tertiary/aromatic N) is 2. The number of thiocarbonyl (C=S) groups is 1. The zero-order valence-corrected chi connectivity index (χ0v) is 14.5. The summed E-state index contributed by atoms with van der Waals surface area (Å²) in [6, 6.07) is 5.42. The molecule has 0 spiro atoms. The molecule has 2 aromatic rings. The van der Waals surface area contributed by atoms with Gasteiger partial charge in [-0.2, -0.15) is 5.10 Å². The zero-order valence-electron chi connectivity index (χ0n) is 11.4. The molecule has 8 heteroatoms. The standard InChI is InChI=1S/C14H13Cl3N4S/c1-2-5-18-14(22)19-13-12(17)8-21(20-13)7-9-3-4-10(15)11(16)6-9/h2-4,6,8H,1,5,7H2,(H2,18,19,20,22). The van der Waals surface area contributed by atoms with E-state index < -0.39 is 0 Å². The fraction of sp³-hybridized carbons (Fsp3) is 0.143. The summed E-state index contributed by atoms with van der Waals surface area (Å²) in [5.41, 5.74) is 0.965. The summed E-state index contributed by atoms with van der Waals surface area (Å²) in [6.45, 7) is 4.69. The number of rotatable bonds is 5. The lowest BCUT2D eigenvalue weighted by Crippen LogP contribution is -2.28. The lowest BCUT2D eigenvalue weighted by molar-refractivity contribution is 0.690. The first-order chi connectivity index (χ1) is 10.5. The predicted octanol–water partition coefficient (Wildman–Crippen LogP) is 4.36. The van der Waals surface area contributed by atoms with Crippen LogP contribution in [-0.4, -0.2) is 21.4 Å². The molecule has 0 aliphatic rings. The second-order valence-electron chi connectivity index (χ2n) is 4.40. The van der Waals surface area contributed by atoms with Crippen LogP contribution >= 0.6 is 47.0 Å². The molecule has 0 atom stereocenters. The van der Waals surface area contributed by atoms with Crippen LogP contribution in [0, 0.1) is 0 Å². The van der Waals surface area contributed by atoms with Gasteiger partial charge in [0.1, 0.15) is 5.02 Å². The fourth-order valence-electron chi connectivity index (χ4n) is 1.70. The summed E-state index contributed by atoms with van der Waals surface area (Å²) in [7, 11) is 0. The Balaban J connectivity index is 2.07. The number of halogens is 3. The minimum atomic E-state index is 0.432. The largest absolute Gasteiger partial charge is 0.359 e. The molecule has 0 aliphatic carbocycles. The molecule has 0 bridgehead atoms. The van der Waals surface area contributed by atoms with Crippen LogP contribution in [0.15, 0.2) is 37.1 Å². The van der Waals surface area contributed by atoms with E-state index in [2.05, 4.69) is 22.3 Å². The normalized spacial score (nSPS) is 10.3. The van der Waals surface area contributed by atoms with Crippen LogP contribution < -0.4 is 10.6 Å². The van der Waals surface area contributed by atoms with Crippen molar-refractivity contribution in [1.29, 1.82) is 0 Å². The second-order valence-corrected chi connectivity index (χ2v) is 6.03. The van der Waals surface area contributed by atoms with E-state index in [1.165, 1.54) is 0 Å². The van der Waals surface area contributed by atoms with Crippen LogP contribution in [0.3, 0.4) is 0 Å². The highest BCUT2D eigenvalue weighted by Gasteiger charge is 2.09. The second kappa shape index (κ2) is 7.83. The van der Waals surface area contributed by atoms with Crippen molar-refractivity contribution in [2.45, 2.75) is 6.54 Å². The van der Waals surface area contributed by atoms with Gasteiger partial charge in [-0.1, -0.05) is 46.9 Å². The van der Waals surface area contributed by atoms with Gasteiger partial charge in [0.2, 0.25) is 0 Å². The van der Waals surface area contributed by atoms with Crippen molar-refractivity contribution >= 4 is 58.0 Å². The van der Waals surface area contributed by atoms with Gasteiger partial charge in [-0.15, -0.1) is 6.58 Å². The van der Waals surface area contributed by atoms with Gasteiger partial charge in [-0.25, -0.2) is 0 Å². The van der Waals surface area contributed by atoms with E-state index >= 15 is 0 Å². The molecule has 116 valence electrons. The minimum Gasteiger partial charge on any atom is -0.359 e. The van der Waals surface area contributed by atoms with Gasteiger partial charge < -0.3 is 10.6 Å². The molecular formula is C14H13Cl3N4S. The van der Waals surface area contributed by atoms with Crippen molar-refractivity contribution in [3.05, 3.63) is 57.7 Å². The molecule has 0 aliphatic heterocycles. The fourth-order valence-corrected chi connectivity index (χ4v) is 2.40. The monoisotopic (exact) mass is 374 g/mol. The Morgan fingerprint density at radius 1 is 1.27 bits per heavy atom. The van der Waals surface area contributed by atoms with Gasteiger partial charge in [0.25, 0.3) is 0 Å². The summed E-state index contributed by atoms with van der Waals surface area (Å²) in [5, 5.41) is 12.2. The molecular weight excluding hydrogens is 363 g/mol.